The predicted octanol–water partition coefficient (Wildman–Crippen LogP) is 8.69. The summed E-state index contributed by atoms with van der Waals surface area (Å²) in [5.74, 6) is -2.39. The fourth-order valence-electron chi connectivity index (χ4n) is 7.67. The molecule has 252 valence electrons. The van der Waals surface area contributed by atoms with Crippen LogP contribution >= 0.6 is 59.4 Å². The van der Waals surface area contributed by atoms with E-state index in [1.807, 2.05) is 13.0 Å². The number of esters is 1. The molecule has 2 heterocycles. The highest BCUT2D eigenvalue weighted by Gasteiger charge is 2.66. The highest BCUT2D eigenvalue weighted by atomic mass is 79.9. The van der Waals surface area contributed by atoms with Gasteiger partial charge in [-0.05, 0) is 84.8 Å². The number of pyridine rings is 1. The number of fused-ring (bicyclic) bond motifs is 6. The molecule has 49 heavy (non-hydrogen) atoms. The molecule has 1 aromatic heterocycles. The van der Waals surface area contributed by atoms with Crippen LogP contribution in [0, 0.1) is 29.5 Å². The summed E-state index contributed by atoms with van der Waals surface area (Å²) in [6, 6.07) is 17.4. The van der Waals surface area contributed by atoms with Gasteiger partial charge in [0.1, 0.15) is 5.82 Å². The molecule has 3 fully saturated rings. The Bertz CT molecular complexity index is 1980. The highest BCUT2D eigenvalue weighted by molar-refractivity contribution is 9.12. The molecule has 0 N–H and O–H groups in total. The van der Waals surface area contributed by atoms with E-state index in [1.165, 1.54) is 29.2 Å². The van der Waals surface area contributed by atoms with E-state index in [-0.39, 0.29) is 68.6 Å². The molecule has 7 unspecified atom stereocenters. The second-order valence-electron chi connectivity index (χ2n) is 12.7. The number of alkyl halides is 3. The first-order valence-electron chi connectivity index (χ1n) is 16.0. The van der Waals surface area contributed by atoms with Crippen molar-refractivity contribution in [2.75, 3.05) is 10.8 Å². The van der Waals surface area contributed by atoms with E-state index in [0.29, 0.717) is 34.3 Å². The molecule has 3 aliphatic rings. The molecule has 7 nitrogen and oxygen atoms in total. The van der Waals surface area contributed by atoms with Crippen LogP contribution in [0.5, 0.6) is 0 Å². The first kappa shape index (κ1) is 34.5. The molecule has 7 rings (SSSR count). The second-order valence-corrected chi connectivity index (χ2v) is 16.1. The summed E-state index contributed by atoms with van der Waals surface area (Å²) in [7, 11) is 0. The summed E-state index contributed by atoms with van der Waals surface area (Å²) < 4.78 is 20.1. The summed E-state index contributed by atoms with van der Waals surface area (Å²) in [6.45, 7) is 1.99. The summed E-state index contributed by atoms with van der Waals surface area (Å²) in [6.07, 6.45) is 0.358. The number of hydrogen-bond donors (Lipinski definition) is 0. The van der Waals surface area contributed by atoms with Gasteiger partial charge in [-0.15, -0.1) is 11.6 Å². The van der Waals surface area contributed by atoms with Gasteiger partial charge in [0.15, 0.2) is 6.10 Å². The second kappa shape index (κ2) is 13.6. The third-order valence-corrected chi connectivity index (χ3v) is 13.9. The number of aromatic nitrogens is 1. The van der Waals surface area contributed by atoms with Crippen molar-refractivity contribution in [3.63, 3.8) is 0 Å². The van der Waals surface area contributed by atoms with Crippen molar-refractivity contribution in [1.29, 1.82) is 0 Å². The largest absolute Gasteiger partial charge is 0.450 e. The number of Topliss-reactive ketones (excluding diaryl/α,β-unsaturated/α-hetero) is 1. The van der Waals surface area contributed by atoms with Crippen LogP contribution in [-0.4, -0.2) is 50.2 Å². The molecule has 7 atom stereocenters. The van der Waals surface area contributed by atoms with Crippen LogP contribution in [0.15, 0.2) is 71.2 Å². The van der Waals surface area contributed by atoms with Gasteiger partial charge in [0.2, 0.25) is 17.6 Å². The molecule has 2 aliphatic carbocycles. The van der Waals surface area contributed by atoms with Crippen LogP contribution in [0.1, 0.15) is 46.0 Å². The van der Waals surface area contributed by atoms with Crippen molar-refractivity contribution in [1.82, 2.24) is 4.98 Å². The third-order valence-electron chi connectivity index (χ3n) is 10.0. The molecule has 2 amide bonds. The fourth-order valence-corrected chi connectivity index (χ4v) is 10.2. The number of benzene rings is 3. The Labute approximate surface area is 312 Å². The van der Waals surface area contributed by atoms with Crippen molar-refractivity contribution in [3.8, 4) is 11.3 Å². The number of aryl methyl sites for hydroxylation is 1. The van der Waals surface area contributed by atoms with E-state index in [2.05, 4.69) is 47.8 Å². The Morgan fingerprint density at radius 3 is 2.20 bits per heavy atom. The van der Waals surface area contributed by atoms with Crippen LogP contribution in [0.2, 0.25) is 0 Å². The van der Waals surface area contributed by atoms with Crippen LogP contribution in [0.25, 0.3) is 22.2 Å². The van der Waals surface area contributed by atoms with Crippen molar-refractivity contribution < 1.29 is 28.3 Å². The normalized spacial score (nSPS) is 24.8. The van der Waals surface area contributed by atoms with Crippen LogP contribution in [-0.2, 0) is 20.7 Å². The molecular weight excluding hydrogens is 847 g/mol. The minimum absolute atomic E-state index is 0.0588. The minimum atomic E-state index is -1.19. The van der Waals surface area contributed by atoms with Crippen molar-refractivity contribution in [3.05, 3.63) is 93.7 Å². The first-order valence-corrected chi connectivity index (χ1v) is 19.1. The Hall–Kier alpha value is -2.99. The summed E-state index contributed by atoms with van der Waals surface area (Å²) in [5, 5.41) is 0.542. The molecule has 2 saturated carbocycles. The molecule has 12 heteroatoms. The van der Waals surface area contributed by atoms with Crippen molar-refractivity contribution in [2.24, 2.45) is 23.7 Å². The molecule has 4 aromatic rings. The molecule has 3 aromatic carbocycles. The average Bonchev–Trinajstić information content (AvgIpc) is 3.71. The maximum Gasteiger partial charge on any atom is 0.339 e. The van der Waals surface area contributed by atoms with Crippen molar-refractivity contribution >= 4 is 99.5 Å². The number of carbonyl (C=O) groups excluding carboxylic acids is 4. The Balaban J connectivity index is 1.22. The Morgan fingerprint density at radius 1 is 0.980 bits per heavy atom. The summed E-state index contributed by atoms with van der Waals surface area (Å²) >= 11 is 17.0. The van der Waals surface area contributed by atoms with E-state index in [1.54, 1.807) is 36.4 Å². The number of nitrogens with zero attached hydrogens (tertiary/aromatic N) is 2. The minimum Gasteiger partial charge on any atom is -0.450 e. The highest BCUT2D eigenvalue weighted by Crippen LogP contribution is 2.60. The molecule has 2 bridgehead atoms. The number of rotatable bonds is 9. The SMILES string of the molecule is CCc1cc(Br)cc2c(C(=O)OC(CCCl)C(=O)c3ccc(F)cc3)cc(-c3ccc(N4C(=O)C5C6CC(C(Br)C6Br)C5C4=O)cc3)nc12. The van der Waals surface area contributed by atoms with Gasteiger partial charge in [-0.25, -0.2) is 14.2 Å². The van der Waals surface area contributed by atoms with E-state index >= 15 is 0 Å². The number of halogens is 5. The molecular formula is C37H29Br3ClFN2O5. The van der Waals surface area contributed by atoms with E-state index in [0.717, 1.165) is 16.5 Å². The quantitative estimate of drug-likeness (QED) is 0.0724. The third kappa shape index (κ3) is 5.98. The van der Waals surface area contributed by atoms with Gasteiger partial charge in [0.05, 0.1) is 34.3 Å². The lowest BCUT2D eigenvalue weighted by Crippen LogP contribution is -2.37. The van der Waals surface area contributed by atoms with Crippen LogP contribution < -0.4 is 4.90 Å². The zero-order valence-electron chi connectivity index (χ0n) is 26.0. The number of ether oxygens (including phenoxy) is 1. The van der Waals surface area contributed by atoms with Gasteiger partial charge < -0.3 is 4.74 Å². The number of anilines is 1. The van der Waals surface area contributed by atoms with Crippen LogP contribution in [0.3, 0.4) is 0 Å². The van der Waals surface area contributed by atoms with E-state index in [4.69, 9.17) is 21.3 Å². The number of ketones is 1. The van der Waals surface area contributed by atoms with Gasteiger partial charge in [0.25, 0.3) is 0 Å². The lowest BCUT2D eigenvalue weighted by molar-refractivity contribution is -0.123. The van der Waals surface area contributed by atoms with Crippen LogP contribution in [0.4, 0.5) is 10.1 Å². The number of hydrogen-bond acceptors (Lipinski definition) is 6. The van der Waals surface area contributed by atoms with Gasteiger partial charge in [-0.1, -0.05) is 66.8 Å². The monoisotopic (exact) mass is 872 g/mol. The standard InChI is InChI=1S/C37H29Br3ClFN2O5/c1-2-17-13-20(38)14-23-24(37(48)49-28(11-12-41)34(45)19-3-7-21(42)8-4-19)16-27(43-33(17)23)18-5-9-22(10-6-18)44-35(46)29-25-15-26(30(29)36(44)47)32(40)31(25)39/h3-10,13-14,16,25-26,28-32H,2,11-12,15H2,1H3. The number of imide groups is 1. The van der Waals surface area contributed by atoms with E-state index < -0.39 is 23.7 Å². The number of carbonyl (C=O) groups is 4. The predicted molar refractivity (Wildman–Crippen MR) is 196 cm³/mol. The topological polar surface area (TPSA) is 93.6 Å². The maximum absolute atomic E-state index is 13.9. The van der Waals surface area contributed by atoms with Gasteiger partial charge in [-0.2, -0.15) is 0 Å². The molecule has 1 saturated heterocycles. The van der Waals surface area contributed by atoms with Gasteiger partial charge in [-0.3, -0.25) is 19.3 Å². The lowest BCUT2D eigenvalue weighted by atomic mass is 9.81. The maximum atomic E-state index is 13.9. The molecule has 0 spiro atoms. The fraction of sp³-hybridized carbons (Fsp3) is 0.324. The van der Waals surface area contributed by atoms with Gasteiger partial charge >= 0.3 is 5.97 Å². The molecule has 1 aliphatic heterocycles. The van der Waals surface area contributed by atoms with Gasteiger partial charge in [0, 0.05) is 42.9 Å². The summed E-state index contributed by atoms with van der Waals surface area (Å²) in [4.78, 5) is 61.0. The molecule has 0 radical (unpaired) electrons. The first-order chi connectivity index (χ1) is 23.5. The smallest absolute Gasteiger partial charge is 0.339 e. The van der Waals surface area contributed by atoms with E-state index in [9.17, 15) is 23.6 Å². The number of amides is 2. The Kier molecular flexibility index (Phi) is 9.58. The zero-order chi connectivity index (χ0) is 34.7. The summed E-state index contributed by atoms with van der Waals surface area (Å²) in [5.41, 5.74) is 3.51. The zero-order valence-corrected chi connectivity index (χ0v) is 31.6. The average molecular weight is 876 g/mol. The van der Waals surface area contributed by atoms with Crippen molar-refractivity contribution in [2.45, 2.75) is 41.9 Å². The Morgan fingerprint density at radius 2 is 1.61 bits per heavy atom. The lowest BCUT2D eigenvalue weighted by Gasteiger charge is -2.28.